The van der Waals surface area contributed by atoms with Crippen molar-refractivity contribution in [1.29, 1.82) is 0 Å². The van der Waals surface area contributed by atoms with Crippen LogP contribution in [0.15, 0.2) is 0 Å². The molecule has 1 atom stereocenters. The molecule has 0 bridgehead atoms. The van der Waals surface area contributed by atoms with Gasteiger partial charge >= 0.3 is 0 Å². The van der Waals surface area contributed by atoms with Gasteiger partial charge in [0.05, 0.1) is 0 Å². The maximum atomic E-state index is 2.38. The quantitative estimate of drug-likeness (QED) is 0.446. The molecule has 1 unspecified atom stereocenters. The van der Waals surface area contributed by atoms with Crippen LogP contribution in [0.4, 0.5) is 0 Å². The number of rotatable bonds is 2. The summed E-state index contributed by atoms with van der Waals surface area (Å²) in [5.41, 5.74) is 0. The molecule has 0 aliphatic carbocycles. The van der Waals surface area contributed by atoms with Crippen LogP contribution in [0.5, 0.6) is 0 Å². The summed E-state index contributed by atoms with van der Waals surface area (Å²) in [5.74, 6) is 0. The first kappa shape index (κ1) is 4.13. The lowest BCUT2D eigenvalue weighted by Gasteiger charge is -1.77. The van der Waals surface area contributed by atoms with Crippen LogP contribution in [0.25, 0.3) is 0 Å². The highest BCUT2D eigenvalue weighted by molar-refractivity contribution is 4.57. The summed E-state index contributed by atoms with van der Waals surface area (Å²) in [6.45, 7) is 3.64. The van der Waals surface area contributed by atoms with Gasteiger partial charge in [-0.1, -0.05) is 13.3 Å². The molecule has 1 aliphatic rings. The van der Waals surface area contributed by atoms with E-state index in [0.29, 0.717) is 0 Å². The second-order valence-corrected chi connectivity index (χ2v) is 2.02. The molecule has 0 aromatic carbocycles. The first-order chi connectivity index (χ1) is 2.93. The molecular weight excluding hydrogens is 74.1 g/mol. The molecule has 1 aliphatic heterocycles. The standard InChI is InChI=1S/C5H11N/c1-2-3-5-4-6-5/h5-6H,2-4H2,1H3/p+1. The molecular formula is C5H12N+. The second-order valence-electron chi connectivity index (χ2n) is 2.02. The van der Waals surface area contributed by atoms with Gasteiger partial charge in [0.2, 0.25) is 0 Å². The highest BCUT2D eigenvalue weighted by Crippen LogP contribution is 1.93. The van der Waals surface area contributed by atoms with E-state index in [2.05, 4.69) is 12.2 Å². The molecule has 1 fully saturated rings. The summed E-state index contributed by atoms with van der Waals surface area (Å²) in [6.07, 6.45) is 2.79. The van der Waals surface area contributed by atoms with Crippen molar-refractivity contribution in [1.82, 2.24) is 0 Å². The molecule has 1 heteroatoms. The monoisotopic (exact) mass is 86.1 g/mol. The van der Waals surface area contributed by atoms with E-state index >= 15 is 0 Å². The molecule has 1 saturated heterocycles. The van der Waals surface area contributed by atoms with Crippen molar-refractivity contribution in [2.45, 2.75) is 25.8 Å². The van der Waals surface area contributed by atoms with Crippen molar-refractivity contribution >= 4 is 0 Å². The van der Waals surface area contributed by atoms with Crippen LogP contribution in [0.2, 0.25) is 0 Å². The van der Waals surface area contributed by atoms with Crippen molar-refractivity contribution in [3.8, 4) is 0 Å². The lowest BCUT2D eigenvalue weighted by Crippen LogP contribution is -2.59. The topological polar surface area (TPSA) is 16.6 Å². The predicted molar refractivity (Wildman–Crippen MR) is 25.5 cm³/mol. The molecule has 0 saturated carbocycles. The normalized spacial score (nSPS) is 30.5. The number of nitrogens with two attached hydrogens (primary N) is 1. The minimum absolute atomic E-state index is 1.02. The van der Waals surface area contributed by atoms with Gasteiger partial charge in [-0.25, -0.2) is 0 Å². The van der Waals surface area contributed by atoms with Crippen molar-refractivity contribution in [2.24, 2.45) is 0 Å². The largest absolute Gasteiger partial charge is 0.334 e. The average molecular weight is 86.2 g/mol. The zero-order valence-electron chi connectivity index (χ0n) is 4.28. The molecule has 1 heterocycles. The molecule has 0 radical (unpaired) electrons. The van der Waals surface area contributed by atoms with Gasteiger partial charge in [-0.15, -0.1) is 0 Å². The van der Waals surface area contributed by atoms with E-state index in [0.717, 1.165) is 6.04 Å². The summed E-state index contributed by atoms with van der Waals surface area (Å²) >= 11 is 0. The number of hydrogen-bond donors (Lipinski definition) is 1. The zero-order valence-corrected chi connectivity index (χ0v) is 4.28. The van der Waals surface area contributed by atoms with E-state index in [1.165, 1.54) is 19.4 Å². The van der Waals surface area contributed by atoms with Crippen molar-refractivity contribution in [3.63, 3.8) is 0 Å². The van der Waals surface area contributed by atoms with E-state index in [-0.39, 0.29) is 0 Å². The van der Waals surface area contributed by atoms with Gasteiger partial charge in [0.1, 0.15) is 12.6 Å². The maximum Gasteiger partial charge on any atom is 0.136 e. The number of quaternary nitrogens is 1. The van der Waals surface area contributed by atoms with Gasteiger partial charge in [-0.05, 0) is 0 Å². The van der Waals surface area contributed by atoms with Crippen LogP contribution >= 0.6 is 0 Å². The summed E-state index contributed by atoms with van der Waals surface area (Å²) in [5, 5.41) is 2.38. The summed E-state index contributed by atoms with van der Waals surface area (Å²) < 4.78 is 0. The van der Waals surface area contributed by atoms with Crippen molar-refractivity contribution < 1.29 is 5.32 Å². The van der Waals surface area contributed by atoms with Crippen LogP contribution in [0, 0.1) is 0 Å². The fourth-order valence-electron chi connectivity index (χ4n) is 0.703. The number of hydrogen-bond acceptors (Lipinski definition) is 0. The van der Waals surface area contributed by atoms with Gasteiger partial charge in [0.15, 0.2) is 0 Å². The van der Waals surface area contributed by atoms with Gasteiger partial charge in [-0.3, -0.25) is 0 Å². The van der Waals surface area contributed by atoms with Crippen LogP contribution in [0.3, 0.4) is 0 Å². The van der Waals surface area contributed by atoms with E-state index < -0.39 is 0 Å². The Hall–Kier alpha value is -0.0400. The Balaban J connectivity index is 1.88. The fourth-order valence-corrected chi connectivity index (χ4v) is 0.703. The maximum absolute atomic E-state index is 2.38. The summed E-state index contributed by atoms with van der Waals surface area (Å²) in [4.78, 5) is 0. The Kier molecular flexibility index (Phi) is 1.10. The molecule has 0 amide bonds. The Morgan fingerprint density at radius 2 is 2.50 bits per heavy atom. The SMILES string of the molecule is CCCC1C[NH2+]1. The molecule has 36 valence electrons. The molecule has 0 aromatic heterocycles. The third-order valence-corrected chi connectivity index (χ3v) is 1.23. The predicted octanol–water partition coefficient (Wildman–Crippen LogP) is -0.268. The fraction of sp³-hybridized carbons (Fsp3) is 1.00. The molecule has 1 nitrogen and oxygen atoms in total. The minimum Gasteiger partial charge on any atom is -0.334 e. The average Bonchev–Trinajstić information content (AvgIpc) is 2.21. The lowest BCUT2D eigenvalue weighted by atomic mass is 10.3. The van der Waals surface area contributed by atoms with Crippen LogP contribution < -0.4 is 5.32 Å². The van der Waals surface area contributed by atoms with Gasteiger partial charge in [0, 0.05) is 6.42 Å². The van der Waals surface area contributed by atoms with Crippen LogP contribution in [-0.2, 0) is 0 Å². The Labute approximate surface area is 38.7 Å². The first-order valence-electron chi connectivity index (χ1n) is 2.77. The highest BCUT2D eigenvalue weighted by Gasteiger charge is 2.24. The van der Waals surface area contributed by atoms with E-state index in [1.807, 2.05) is 0 Å². The molecule has 0 spiro atoms. The Morgan fingerprint density at radius 1 is 1.83 bits per heavy atom. The molecule has 1 rings (SSSR count). The molecule has 2 N–H and O–H groups in total. The van der Waals surface area contributed by atoms with Crippen molar-refractivity contribution in [3.05, 3.63) is 0 Å². The summed E-state index contributed by atoms with van der Waals surface area (Å²) in [7, 11) is 0. The Morgan fingerprint density at radius 3 is 2.67 bits per heavy atom. The highest BCUT2D eigenvalue weighted by atomic mass is 15.1. The third-order valence-electron chi connectivity index (χ3n) is 1.23. The van der Waals surface area contributed by atoms with Crippen LogP contribution in [0.1, 0.15) is 19.8 Å². The summed E-state index contributed by atoms with van der Waals surface area (Å²) in [6, 6.07) is 1.02. The van der Waals surface area contributed by atoms with Gasteiger partial charge in [-0.2, -0.15) is 0 Å². The smallest absolute Gasteiger partial charge is 0.136 e. The zero-order chi connectivity index (χ0) is 4.41. The molecule has 0 aromatic rings. The van der Waals surface area contributed by atoms with Crippen molar-refractivity contribution in [2.75, 3.05) is 6.54 Å². The van der Waals surface area contributed by atoms with Gasteiger partial charge in [0.25, 0.3) is 0 Å². The first-order valence-corrected chi connectivity index (χ1v) is 2.77. The Bertz CT molecular complexity index is 39.2. The third kappa shape index (κ3) is 0.977. The van der Waals surface area contributed by atoms with E-state index in [9.17, 15) is 0 Å². The van der Waals surface area contributed by atoms with E-state index in [1.54, 1.807) is 0 Å². The minimum atomic E-state index is 1.02. The second kappa shape index (κ2) is 1.61. The van der Waals surface area contributed by atoms with Gasteiger partial charge < -0.3 is 5.32 Å². The van der Waals surface area contributed by atoms with E-state index in [4.69, 9.17) is 0 Å². The van der Waals surface area contributed by atoms with Crippen LogP contribution in [-0.4, -0.2) is 12.6 Å². The lowest BCUT2D eigenvalue weighted by molar-refractivity contribution is -0.496. The molecule has 6 heavy (non-hydrogen) atoms.